The molecule has 12 heavy (non-hydrogen) atoms. The van der Waals surface area contributed by atoms with Gasteiger partial charge in [0.05, 0.1) is 5.25 Å². The van der Waals surface area contributed by atoms with Crippen LogP contribution < -0.4 is 5.73 Å². The molecule has 0 amide bonds. The van der Waals surface area contributed by atoms with Crippen molar-refractivity contribution in [2.75, 3.05) is 6.54 Å². The molecule has 0 heterocycles. The second-order valence-electron chi connectivity index (χ2n) is 2.19. The van der Waals surface area contributed by atoms with Crippen molar-refractivity contribution < 1.29 is 13.0 Å². The maximum absolute atomic E-state index is 10.3. The van der Waals surface area contributed by atoms with Gasteiger partial charge in [0.2, 0.25) is 0 Å². The average Bonchev–Trinajstić information content (AvgIpc) is 1.88. The van der Waals surface area contributed by atoms with Crippen molar-refractivity contribution >= 4 is 10.1 Å². The van der Waals surface area contributed by atoms with Crippen LogP contribution >= 0.6 is 0 Å². The molecule has 74 valence electrons. The molecule has 0 saturated heterocycles. The lowest BCUT2D eigenvalue weighted by molar-refractivity contribution is 0.465. The quantitative estimate of drug-likeness (QED) is 0.515. The van der Waals surface area contributed by atoms with Crippen LogP contribution in [0.5, 0.6) is 0 Å². The second-order valence-corrected chi connectivity index (χ2v) is 3.89. The van der Waals surface area contributed by atoms with Gasteiger partial charge in [-0.3, -0.25) is 4.55 Å². The molecule has 0 fully saturated rings. The first kappa shape index (κ1) is 14.2. The van der Waals surface area contributed by atoms with E-state index < -0.39 is 15.4 Å². The molecule has 4 nitrogen and oxygen atoms in total. The third-order valence-corrected chi connectivity index (χ3v) is 2.51. The number of hydrogen-bond acceptors (Lipinski definition) is 3. The molecule has 0 radical (unpaired) electrons. The lowest BCUT2D eigenvalue weighted by atomic mass is 10.3. The fourth-order valence-corrected chi connectivity index (χ4v) is 1.16. The van der Waals surface area contributed by atoms with Gasteiger partial charge in [-0.15, -0.1) is 6.58 Å². The van der Waals surface area contributed by atoms with E-state index in [-0.39, 0.29) is 6.54 Å². The molecule has 0 bridgehead atoms. The smallest absolute Gasteiger partial charge is 0.269 e. The van der Waals surface area contributed by atoms with Crippen molar-refractivity contribution in [2.45, 2.75) is 25.5 Å². The Morgan fingerprint density at radius 3 is 2.00 bits per heavy atom. The van der Waals surface area contributed by atoms with Crippen molar-refractivity contribution in [3.63, 3.8) is 0 Å². The largest absolute Gasteiger partial charge is 0.329 e. The van der Waals surface area contributed by atoms with E-state index in [4.69, 9.17) is 10.3 Å². The molecule has 3 N–H and O–H groups in total. The van der Waals surface area contributed by atoms with Crippen LogP contribution in [0.3, 0.4) is 0 Å². The lowest BCUT2D eigenvalue weighted by Gasteiger charge is -2.05. The Bertz CT molecular complexity index is 195. The van der Waals surface area contributed by atoms with Crippen LogP contribution in [0.4, 0.5) is 0 Å². The van der Waals surface area contributed by atoms with Gasteiger partial charge in [-0.1, -0.05) is 13.0 Å². The number of allylic oxidation sites excluding steroid dienone is 1. The van der Waals surface area contributed by atoms with Gasteiger partial charge in [0.15, 0.2) is 0 Å². The molecule has 0 aromatic heterocycles. The van der Waals surface area contributed by atoms with Gasteiger partial charge >= 0.3 is 0 Å². The zero-order valence-corrected chi connectivity index (χ0v) is 8.34. The number of hydrogen-bond donors (Lipinski definition) is 2. The van der Waals surface area contributed by atoms with Crippen molar-refractivity contribution in [1.82, 2.24) is 0 Å². The summed E-state index contributed by atoms with van der Waals surface area (Å²) < 4.78 is 28.9. The van der Waals surface area contributed by atoms with Crippen LogP contribution in [0.2, 0.25) is 0 Å². The maximum Gasteiger partial charge on any atom is 0.269 e. The molecule has 0 saturated carbocycles. The lowest BCUT2D eigenvalue weighted by Crippen LogP contribution is -2.28. The van der Waals surface area contributed by atoms with Gasteiger partial charge in [-0.25, -0.2) is 0 Å². The molecule has 0 aromatic carbocycles. The minimum Gasteiger partial charge on any atom is -0.329 e. The standard InChI is InChI=1S/C4H11NO3S.C3H6/c1-2-4(3-5)9(6,7)8;1-3-2/h4H,2-3,5H2,1H3,(H,6,7,8);3H,1H2,2H3. The minimum atomic E-state index is -3.89. The van der Waals surface area contributed by atoms with Gasteiger partial charge in [0, 0.05) is 6.54 Å². The zero-order valence-electron chi connectivity index (χ0n) is 7.53. The zero-order chi connectivity index (χ0) is 10.2. The molecule has 0 aliphatic heterocycles. The monoisotopic (exact) mass is 195 g/mol. The Balaban J connectivity index is 0. The first-order chi connectivity index (χ1) is 5.43. The summed E-state index contributed by atoms with van der Waals surface area (Å²) in [5.74, 6) is 0. The van der Waals surface area contributed by atoms with E-state index in [9.17, 15) is 8.42 Å². The first-order valence-electron chi connectivity index (χ1n) is 3.67. The van der Waals surface area contributed by atoms with E-state index in [2.05, 4.69) is 6.58 Å². The SMILES string of the molecule is C=CC.CCC(CN)S(=O)(=O)O. The maximum atomic E-state index is 10.3. The Labute approximate surface area is 74.2 Å². The van der Waals surface area contributed by atoms with E-state index >= 15 is 0 Å². The first-order valence-corrected chi connectivity index (χ1v) is 5.17. The van der Waals surface area contributed by atoms with Crippen LogP contribution in [0.15, 0.2) is 12.7 Å². The molecular weight excluding hydrogens is 178 g/mol. The molecule has 0 aliphatic rings. The Hall–Kier alpha value is -0.390. The second kappa shape index (κ2) is 7.27. The highest BCUT2D eigenvalue weighted by Crippen LogP contribution is 1.99. The molecular formula is C7H17NO3S. The molecule has 0 aromatic rings. The van der Waals surface area contributed by atoms with E-state index in [1.807, 2.05) is 6.92 Å². The fourth-order valence-electron chi connectivity index (χ4n) is 0.499. The van der Waals surface area contributed by atoms with Crippen LogP contribution in [0.25, 0.3) is 0 Å². The topological polar surface area (TPSA) is 80.4 Å². The van der Waals surface area contributed by atoms with Crippen molar-refractivity contribution in [3.05, 3.63) is 12.7 Å². The van der Waals surface area contributed by atoms with Gasteiger partial charge in [-0.2, -0.15) is 8.42 Å². The van der Waals surface area contributed by atoms with E-state index in [0.29, 0.717) is 6.42 Å². The summed E-state index contributed by atoms with van der Waals surface area (Å²) in [6.07, 6.45) is 2.11. The van der Waals surface area contributed by atoms with Gasteiger partial charge in [-0.05, 0) is 13.3 Å². The summed E-state index contributed by atoms with van der Waals surface area (Å²) in [6, 6.07) is 0. The summed E-state index contributed by atoms with van der Waals surface area (Å²) in [6.45, 7) is 6.89. The van der Waals surface area contributed by atoms with Crippen LogP contribution in [-0.2, 0) is 10.1 Å². The Morgan fingerprint density at radius 1 is 1.67 bits per heavy atom. The van der Waals surface area contributed by atoms with Gasteiger partial charge in [0.1, 0.15) is 0 Å². The van der Waals surface area contributed by atoms with E-state index in [0.717, 1.165) is 0 Å². The summed E-state index contributed by atoms with van der Waals surface area (Å²) in [7, 11) is -3.89. The molecule has 1 atom stereocenters. The highest BCUT2D eigenvalue weighted by Gasteiger charge is 2.17. The summed E-state index contributed by atoms with van der Waals surface area (Å²) >= 11 is 0. The summed E-state index contributed by atoms with van der Waals surface area (Å²) in [5.41, 5.74) is 5.03. The van der Waals surface area contributed by atoms with Crippen LogP contribution in [0.1, 0.15) is 20.3 Å². The van der Waals surface area contributed by atoms with Crippen LogP contribution in [-0.4, -0.2) is 24.8 Å². The van der Waals surface area contributed by atoms with E-state index in [1.165, 1.54) is 0 Å². The van der Waals surface area contributed by atoms with Crippen LogP contribution in [0, 0.1) is 0 Å². The van der Waals surface area contributed by atoms with Gasteiger partial charge < -0.3 is 5.73 Å². The predicted molar refractivity (Wildman–Crippen MR) is 50.6 cm³/mol. The molecule has 0 spiro atoms. The van der Waals surface area contributed by atoms with Crippen molar-refractivity contribution in [2.24, 2.45) is 5.73 Å². The molecule has 0 aliphatic carbocycles. The predicted octanol–water partition coefficient (Wildman–Crippen LogP) is 0.804. The highest BCUT2D eigenvalue weighted by molar-refractivity contribution is 7.86. The van der Waals surface area contributed by atoms with Crippen molar-refractivity contribution in [3.8, 4) is 0 Å². The molecule has 1 unspecified atom stereocenters. The Kier molecular flexibility index (Phi) is 8.57. The van der Waals surface area contributed by atoms with E-state index in [1.54, 1.807) is 13.0 Å². The third kappa shape index (κ3) is 7.71. The Morgan fingerprint density at radius 2 is 2.00 bits per heavy atom. The average molecular weight is 195 g/mol. The summed E-state index contributed by atoms with van der Waals surface area (Å²) in [4.78, 5) is 0. The number of nitrogens with two attached hydrogens (primary N) is 1. The fraction of sp³-hybridized carbons (Fsp3) is 0.714. The third-order valence-electron chi connectivity index (χ3n) is 1.14. The van der Waals surface area contributed by atoms with Gasteiger partial charge in [0.25, 0.3) is 10.1 Å². The van der Waals surface area contributed by atoms with Crippen molar-refractivity contribution in [1.29, 1.82) is 0 Å². The molecule has 0 rings (SSSR count). The normalized spacial score (nSPS) is 12.7. The highest BCUT2D eigenvalue weighted by atomic mass is 32.2. The minimum absolute atomic E-state index is 0.0185. The number of rotatable bonds is 3. The summed E-state index contributed by atoms with van der Waals surface area (Å²) in [5, 5.41) is -0.794. The molecule has 5 heteroatoms.